The molecule has 2 aliphatic heterocycles. The first-order valence-corrected chi connectivity index (χ1v) is 9.35. The summed E-state index contributed by atoms with van der Waals surface area (Å²) in [4.78, 5) is 51.4. The Morgan fingerprint density at radius 2 is 1.93 bits per heavy atom. The molecule has 3 amide bonds. The van der Waals surface area contributed by atoms with E-state index in [1.165, 1.54) is 18.9 Å². The van der Waals surface area contributed by atoms with Crippen molar-refractivity contribution in [3.63, 3.8) is 0 Å². The van der Waals surface area contributed by atoms with E-state index in [0.717, 1.165) is 4.90 Å². The third-order valence-corrected chi connectivity index (χ3v) is 4.85. The molecule has 0 aromatic carbocycles. The molecule has 4 atom stereocenters. The molecule has 2 fully saturated rings. The molecule has 28 heavy (non-hydrogen) atoms. The van der Waals surface area contributed by atoms with E-state index < -0.39 is 53.8 Å². The summed E-state index contributed by atoms with van der Waals surface area (Å²) in [5.41, 5.74) is -0.702. The highest BCUT2D eigenvalue weighted by atomic mass is 16.6. The van der Waals surface area contributed by atoms with Gasteiger partial charge in [-0.2, -0.15) is 0 Å². The van der Waals surface area contributed by atoms with E-state index in [2.05, 4.69) is 5.32 Å². The largest absolute Gasteiger partial charge is 0.480 e. The fourth-order valence-electron chi connectivity index (χ4n) is 3.20. The van der Waals surface area contributed by atoms with Gasteiger partial charge >= 0.3 is 12.1 Å². The Hall–Kier alpha value is -2.36. The quantitative estimate of drug-likeness (QED) is 0.707. The van der Waals surface area contributed by atoms with Crippen molar-refractivity contribution >= 4 is 23.9 Å². The van der Waals surface area contributed by atoms with Crippen LogP contribution in [0, 0.1) is 0 Å². The second-order valence-electron chi connectivity index (χ2n) is 8.12. The van der Waals surface area contributed by atoms with Crippen LogP contribution in [0.5, 0.6) is 0 Å². The average molecular weight is 399 g/mol. The van der Waals surface area contributed by atoms with E-state index >= 15 is 0 Å². The van der Waals surface area contributed by atoms with Gasteiger partial charge in [-0.1, -0.05) is 0 Å². The highest BCUT2D eigenvalue weighted by Crippen LogP contribution is 2.29. The van der Waals surface area contributed by atoms with Crippen molar-refractivity contribution in [3.05, 3.63) is 0 Å². The predicted molar refractivity (Wildman–Crippen MR) is 97.3 cm³/mol. The van der Waals surface area contributed by atoms with Crippen LogP contribution in [0.2, 0.25) is 0 Å². The Balaban J connectivity index is 2.04. The lowest BCUT2D eigenvalue weighted by atomic mass is 10.1. The SMILES string of the molecule is CC(C(=O)N[C@H]1CCO[C@H]2CC[C@@H](C(=O)O)N2C1=O)N(C)C(=O)OC(C)(C)C. The number of carboxylic acids is 1. The predicted octanol–water partition coefficient (Wildman–Crippen LogP) is 0.549. The third kappa shape index (κ3) is 4.92. The standard InChI is InChI=1S/C18H29N3O7/c1-10(20(5)17(26)28-18(2,3)4)14(22)19-11-8-9-27-13-7-6-12(16(24)25)21(13)15(11)23/h10-13H,6-9H2,1-5H3,(H,19,22)(H,24,25)/t10?,11-,12-,13-/m0/s1. The number of likely N-dealkylation sites (N-methyl/N-ethyl adjacent to an activating group) is 1. The van der Waals surface area contributed by atoms with E-state index in [1.54, 1.807) is 20.8 Å². The van der Waals surface area contributed by atoms with Gasteiger partial charge in [0.1, 0.15) is 30.0 Å². The molecule has 0 spiro atoms. The minimum Gasteiger partial charge on any atom is -0.480 e. The maximum absolute atomic E-state index is 12.9. The van der Waals surface area contributed by atoms with E-state index in [9.17, 15) is 24.3 Å². The minimum atomic E-state index is -1.09. The van der Waals surface area contributed by atoms with Crippen LogP contribution >= 0.6 is 0 Å². The summed E-state index contributed by atoms with van der Waals surface area (Å²) >= 11 is 0. The number of aliphatic carboxylic acids is 1. The van der Waals surface area contributed by atoms with E-state index in [1.807, 2.05) is 0 Å². The number of carbonyl (C=O) groups excluding carboxylic acids is 3. The van der Waals surface area contributed by atoms with E-state index in [0.29, 0.717) is 12.8 Å². The normalized spacial score (nSPS) is 26.1. The zero-order valence-electron chi connectivity index (χ0n) is 16.9. The van der Waals surface area contributed by atoms with Crippen molar-refractivity contribution < 1.29 is 33.8 Å². The number of fused-ring (bicyclic) bond motifs is 1. The summed E-state index contributed by atoms with van der Waals surface area (Å²) in [5.74, 6) is -2.10. The maximum Gasteiger partial charge on any atom is 0.410 e. The molecule has 2 saturated heterocycles. The van der Waals surface area contributed by atoms with Crippen LogP contribution < -0.4 is 5.32 Å². The number of carboxylic acid groups (broad SMARTS) is 1. The molecule has 0 aliphatic carbocycles. The van der Waals surface area contributed by atoms with E-state index in [4.69, 9.17) is 9.47 Å². The molecule has 0 saturated carbocycles. The van der Waals surface area contributed by atoms with Crippen LogP contribution in [-0.2, 0) is 23.9 Å². The molecule has 158 valence electrons. The molecule has 1 unspecified atom stereocenters. The molecule has 2 N–H and O–H groups in total. The zero-order chi connectivity index (χ0) is 21.2. The molecular weight excluding hydrogens is 370 g/mol. The third-order valence-electron chi connectivity index (χ3n) is 4.85. The van der Waals surface area contributed by atoms with Crippen LogP contribution in [0.4, 0.5) is 4.79 Å². The first kappa shape index (κ1) is 21.9. The topological polar surface area (TPSA) is 125 Å². The summed E-state index contributed by atoms with van der Waals surface area (Å²) in [6, 6.07) is -2.75. The monoisotopic (exact) mass is 399 g/mol. The van der Waals surface area contributed by atoms with Gasteiger partial charge in [0.15, 0.2) is 0 Å². The number of carbonyl (C=O) groups is 4. The number of ether oxygens (including phenoxy) is 2. The van der Waals surface area contributed by atoms with Gasteiger partial charge in [-0.3, -0.25) is 14.5 Å². The Labute approximate surface area is 164 Å². The molecule has 0 bridgehead atoms. The Kier molecular flexibility index (Phi) is 6.53. The van der Waals surface area contributed by atoms with Crippen molar-refractivity contribution in [3.8, 4) is 0 Å². The Bertz CT molecular complexity index is 646. The number of nitrogens with one attached hydrogen (secondary N) is 1. The van der Waals surface area contributed by atoms with Gasteiger partial charge in [0.25, 0.3) is 0 Å². The summed E-state index contributed by atoms with van der Waals surface area (Å²) in [6.07, 6.45) is -0.258. The second kappa shape index (κ2) is 8.34. The van der Waals surface area contributed by atoms with Crippen molar-refractivity contribution in [2.75, 3.05) is 13.7 Å². The van der Waals surface area contributed by atoms with Crippen LogP contribution in [0.25, 0.3) is 0 Å². The summed E-state index contributed by atoms with van der Waals surface area (Å²) < 4.78 is 10.8. The lowest BCUT2D eigenvalue weighted by Crippen LogP contribution is -2.56. The molecule has 10 nitrogen and oxygen atoms in total. The highest BCUT2D eigenvalue weighted by molar-refractivity contribution is 5.93. The zero-order valence-corrected chi connectivity index (χ0v) is 16.9. The van der Waals surface area contributed by atoms with Crippen molar-refractivity contribution in [2.45, 2.75) is 76.9 Å². The molecular formula is C18H29N3O7. The first-order valence-electron chi connectivity index (χ1n) is 9.35. The number of hydrogen-bond acceptors (Lipinski definition) is 6. The number of rotatable bonds is 4. The minimum absolute atomic E-state index is 0.223. The molecule has 0 aromatic rings. The summed E-state index contributed by atoms with van der Waals surface area (Å²) in [6.45, 7) is 6.91. The molecule has 2 rings (SSSR count). The van der Waals surface area contributed by atoms with Gasteiger partial charge in [-0.05, 0) is 40.5 Å². The lowest BCUT2D eigenvalue weighted by Gasteiger charge is -2.30. The van der Waals surface area contributed by atoms with Gasteiger partial charge in [0.2, 0.25) is 11.8 Å². The van der Waals surface area contributed by atoms with Crippen molar-refractivity contribution in [1.29, 1.82) is 0 Å². The lowest BCUT2D eigenvalue weighted by molar-refractivity contribution is -0.155. The van der Waals surface area contributed by atoms with Crippen LogP contribution in [0.3, 0.4) is 0 Å². The Morgan fingerprint density at radius 1 is 1.29 bits per heavy atom. The fourth-order valence-corrected chi connectivity index (χ4v) is 3.20. The average Bonchev–Trinajstić information content (AvgIpc) is 2.95. The fraction of sp³-hybridized carbons (Fsp3) is 0.778. The maximum atomic E-state index is 12.9. The van der Waals surface area contributed by atoms with Gasteiger partial charge < -0.3 is 24.8 Å². The summed E-state index contributed by atoms with van der Waals surface area (Å²) in [7, 11) is 1.44. The highest BCUT2D eigenvalue weighted by Gasteiger charge is 2.46. The van der Waals surface area contributed by atoms with Crippen LogP contribution in [0.15, 0.2) is 0 Å². The number of nitrogens with zero attached hydrogens (tertiary/aromatic N) is 2. The number of amides is 3. The molecule has 2 aliphatic rings. The van der Waals surface area contributed by atoms with E-state index in [-0.39, 0.29) is 13.0 Å². The summed E-state index contributed by atoms with van der Waals surface area (Å²) in [5, 5.41) is 12.0. The van der Waals surface area contributed by atoms with Crippen molar-refractivity contribution in [1.82, 2.24) is 15.1 Å². The van der Waals surface area contributed by atoms with Crippen molar-refractivity contribution in [2.24, 2.45) is 0 Å². The second-order valence-corrected chi connectivity index (χ2v) is 8.12. The van der Waals surface area contributed by atoms with Gasteiger partial charge in [0, 0.05) is 13.5 Å². The molecule has 0 aromatic heterocycles. The van der Waals surface area contributed by atoms with Crippen LogP contribution in [-0.4, -0.2) is 82.4 Å². The van der Waals surface area contributed by atoms with Gasteiger partial charge in [0.05, 0.1) is 6.61 Å². The first-order chi connectivity index (χ1) is 12.9. The van der Waals surface area contributed by atoms with Gasteiger partial charge in [-0.15, -0.1) is 0 Å². The van der Waals surface area contributed by atoms with Crippen LogP contribution in [0.1, 0.15) is 47.0 Å². The molecule has 0 radical (unpaired) electrons. The Morgan fingerprint density at radius 3 is 2.50 bits per heavy atom. The molecule has 10 heteroatoms. The molecule has 2 heterocycles. The smallest absolute Gasteiger partial charge is 0.410 e. The van der Waals surface area contributed by atoms with Gasteiger partial charge in [-0.25, -0.2) is 9.59 Å². The number of hydrogen-bond donors (Lipinski definition) is 2.